The van der Waals surface area contributed by atoms with E-state index in [2.05, 4.69) is 20.3 Å². The number of para-hydroxylation sites is 1. The van der Waals surface area contributed by atoms with Crippen LogP contribution in [0.2, 0.25) is 0 Å². The van der Waals surface area contributed by atoms with Crippen molar-refractivity contribution in [3.8, 4) is 17.1 Å². The lowest BCUT2D eigenvalue weighted by atomic mass is 10.1. The maximum Gasteiger partial charge on any atom is 0.251 e. The molecule has 1 unspecified atom stereocenters. The molecule has 6 nitrogen and oxygen atoms in total. The van der Waals surface area contributed by atoms with Gasteiger partial charge in [-0.3, -0.25) is 9.78 Å². The summed E-state index contributed by atoms with van der Waals surface area (Å²) in [6.07, 6.45) is 7.26. The Morgan fingerprint density at radius 1 is 1.08 bits per heavy atom. The first-order valence-electron chi connectivity index (χ1n) is 8.05. The molecule has 1 aliphatic heterocycles. The average Bonchev–Trinajstić information content (AvgIpc) is 3.10. The molecule has 1 atom stereocenters. The van der Waals surface area contributed by atoms with Crippen LogP contribution in [0.4, 0.5) is 0 Å². The molecular formula is C19H16N4O2. The van der Waals surface area contributed by atoms with Gasteiger partial charge < -0.3 is 10.1 Å². The van der Waals surface area contributed by atoms with Crippen LogP contribution in [0.5, 0.6) is 5.75 Å². The Balaban J connectivity index is 1.46. The molecule has 1 aromatic carbocycles. The van der Waals surface area contributed by atoms with Crippen molar-refractivity contribution < 1.29 is 9.53 Å². The summed E-state index contributed by atoms with van der Waals surface area (Å²) >= 11 is 0. The van der Waals surface area contributed by atoms with Crippen LogP contribution in [0.15, 0.2) is 61.2 Å². The number of aromatic nitrogens is 3. The van der Waals surface area contributed by atoms with Gasteiger partial charge in [0.25, 0.3) is 5.91 Å². The van der Waals surface area contributed by atoms with Gasteiger partial charge in [-0.25, -0.2) is 9.97 Å². The van der Waals surface area contributed by atoms with Gasteiger partial charge >= 0.3 is 0 Å². The number of carbonyl (C=O) groups is 1. The van der Waals surface area contributed by atoms with E-state index in [1.54, 1.807) is 43.0 Å². The molecule has 124 valence electrons. The van der Waals surface area contributed by atoms with Gasteiger partial charge in [0.1, 0.15) is 11.9 Å². The molecule has 6 heteroatoms. The van der Waals surface area contributed by atoms with Crippen molar-refractivity contribution in [2.24, 2.45) is 0 Å². The Morgan fingerprint density at radius 2 is 1.88 bits per heavy atom. The van der Waals surface area contributed by atoms with Crippen molar-refractivity contribution in [1.29, 1.82) is 0 Å². The smallest absolute Gasteiger partial charge is 0.251 e. The van der Waals surface area contributed by atoms with Gasteiger partial charge in [0.15, 0.2) is 5.82 Å². The third-order valence-electron chi connectivity index (χ3n) is 4.07. The number of nitrogens with one attached hydrogen (secondary N) is 1. The van der Waals surface area contributed by atoms with Crippen molar-refractivity contribution in [2.45, 2.75) is 12.5 Å². The van der Waals surface area contributed by atoms with Crippen LogP contribution in [0, 0.1) is 0 Å². The predicted octanol–water partition coefficient (Wildman–Crippen LogP) is 2.27. The quantitative estimate of drug-likeness (QED) is 0.793. The normalized spacial score (nSPS) is 15.3. The number of benzene rings is 1. The molecule has 2 aromatic heterocycles. The Kier molecular flexibility index (Phi) is 4.08. The number of nitrogens with zero attached hydrogens (tertiary/aromatic N) is 3. The fourth-order valence-electron chi connectivity index (χ4n) is 2.88. The first-order valence-corrected chi connectivity index (χ1v) is 8.05. The first kappa shape index (κ1) is 15.3. The van der Waals surface area contributed by atoms with Gasteiger partial charge in [0, 0.05) is 36.8 Å². The number of hydrogen-bond donors (Lipinski definition) is 1. The Morgan fingerprint density at radius 3 is 2.68 bits per heavy atom. The number of pyridine rings is 1. The van der Waals surface area contributed by atoms with E-state index in [0.29, 0.717) is 17.9 Å². The molecule has 1 aliphatic rings. The minimum atomic E-state index is -0.131. The van der Waals surface area contributed by atoms with E-state index < -0.39 is 0 Å². The van der Waals surface area contributed by atoms with Crippen LogP contribution in [0.1, 0.15) is 15.9 Å². The summed E-state index contributed by atoms with van der Waals surface area (Å²) in [6.45, 7) is 0.435. The zero-order valence-corrected chi connectivity index (χ0v) is 13.4. The van der Waals surface area contributed by atoms with E-state index in [9.17, 15) is 4.79 Å². The van der Waals surface area contributed by atoms with Crippen LogP contribution in [-0.4, -0.2) is 33.5 Å². The summed E-state index contributed by atoms with van der Waals surface area (Å²) in [7, 11) is 0. The zero-order valence-electron chi connectivity index (χ0n) is 13.4. The van der Waals surface area contributed by atoms with Gasteiger partial charge in [0.2, 0.25) is 0 Å². The topological polar surface area (TPSA) is 77.0 Å². The summed E-state index contributed by atoms with van der Waals surface area (Å²) in [6, 6.07) is 11.1. The molecule has 0 fully saturated rings. The van der Waals surface area contributed by atoms with Gasteiger partial charge in [-0.05, 0) is 29.8 Å². The standard InChI is InChI=1S/C19H16N4O2/c24-19(13-5-9-20-10-6-13)23-12-15-11-14-3-1-4-16(17(14)25-15)18-21-7-2-8-22-18/h1-10,15H,11-12H2,(H,23,24). The summed E-state index contributed by atoms with van der Waals surface area (Å²) in [5.74, 6) is 1.31. The van der Waals surface area contributed by atoms with E-state index >= 15 is 0 Å². The maximum atomic E-state index is 12.1. The molecule has 0 saturated carbocycles. The second-order valence-corrected chi connectivity index (χ2v) is 5.76. The Hall–Kier alpha value is -3.28. The molecule has 1 N–H and O–H groups in total. The number of fused-ring (bicyclic) bond motifs is 1. The minimum absolute atomic E-state index is 0.106. The fraction of sp³-hybridized carbons (Fsp3) is 0.158. The van der Waals surface area contributed by atoms with Crippen molar-refractivity contribution in [2.75, 3.05) is 6.54 Å². The Labute approximate surface area is 144 Å². The fourth-order valence-corrected chi connectivity index (χ4v) is 2.88. The third-order valence-corrected chi connectivity index (χ3v) is 4.07. The molecular weight excluding hydrogens is 316 g/mol. The minimum Gasteiger partial charge on any atom is -0.487 e. The van der Waals surface area contributed by atoms with E-state index in [1.807, 2.05) is 18.2 Å². The molecule has 0 radical (unpaired) electrons. The summed E-state index contributed by atoms with van der Waals surface area (Å²) in [4.78, 5) is 24.7. The van der Waals surface area contributed by atoms with Crippen molar-refractivity contribution in [3.63, 3.8) is 0 Å². The van der Waals surface area contributed by atoms with Crippen LogP contribution in [-0.2, 0) is 6.42 Å². The maximum absolute atomic E-state index is 12.1. The molecule has 1 amide bonds. The predicted molar refractivity (Wildman–Crippen MR) is 92.2 cm³/mol. The van der Waals surface area contributed by atoms with E-state index in [4.69, 9.17) is 4.74 Å². The highest BCUT2D eigenvalue weighted by atomic mass is 16.5. The SMILES string of the molecule is O=C(NCC1Cc2cccc(-c3ncccn3)c2O1)c1ccncc1. The van der Waals surface area contributed by atoms with Crippen molar-refractivity contribution >= 4 is 5.91 Å². The highest BCUT2D eigenvalue weighted by molar-refractivity contribution is 5.94. The molecule has 0 saturated heterocycles. The Bertz CT molecular complexity index is 884. The summed E-state index contributed by atoms with van der Waals surface area (Å²) < 4.78 is 6.07. The molecule has 0 spiro atoms. The number of carbonyl (C=O) groups excluding carboxylic acids is 1. The molecule has 25 heavy (non-hydrogen) atoms. The number of hydrogen-bond acceptors (Lipinski definition) is 5. The average molecular weight is 332 g/mol. The van der Waals surface area contributed by atoms with Gasteiger partial charge in [0.05, 0.1) is 12.1 Å². The van der Waals surface area contributed by atoms with Crippen LogP contribution < -0.4 is 10.1 Å². The lowest BCUT2D eigenvalue weighted by molar-refractivity contribution is 0.0933. The second-order valence-electron chi connectivity index (χ2n) is 5.76. The van der Waals surface area contributed by atoms with Crippen LogP contribution >= 0.6 is 0 Å². The molecule has 3 heterocycles. The monoisotopic (exact) mass is 332 g/mol. The highest BCUT2D eigenvalue weighted by Gasteiger charge is 2.26. The van der Waals surface area contributed by atoms with E-state index in [-0.39, 0.29) is 12.0 Å². The lowest BCUT2D eigenvalue weighted by Crippen LogP contribution is -2.34. The second kappa shape index (κ2) is 6.68. The van der Waals surface area contributed by atoms with E-state index in [0.717, 1.165) is 23.3 Å². The zero-order chi connectivity index (χ0) is 17.1. The van der Waals surface area contributed by atoms with Crippen LogP contribution in [0.25, 0.3) is 11.4 Å². The molecule has 0 aliphatic carbocycles. The largest absolute Gasteiger partial charge is 0.487 e. The van der Waals surface area contributed by atoms with Gasteiger partial charge in [-0.2, -0.15) is 0 Å². The molecule has 4 rings (SSSR count). The van der Waals surface area contributed by atoms with E-state index in [1.165, 1.54) is 0 Å². The van der Waals surface area contributed by atoms with Crippen LogP contribution in [0.3, 0.4) is 0 Å². The molecule has 3 aromatic rings. The third kappa shape index (κ3) is 3.19. The van der Waals surface area contributed by atoms with Gasteiger partial charge in [-0.1, -0.05) is 12.1 Å². The number of rotatable bonds is 4. The molecule has 0 bridgehead atoms. The lowest BCUT2D eigenvalue weighted by Gasteiger charge is -2.13. The highest BCUT2D eigenvalue weighted by Crippen LogP contribution is 2.37. The number of amides is 1. The summed E-state index contributed by atoms with van der Waals surface area (Å²) in [5.41, 5.74) is 2.57. The first-order chi connectivity index (χ1) is 12.3. The van der Waals surface area contributed by atoms with Gasteiger partial charge in [-0.15, -0.1) is 0 Å². The van der Waals surface area contributed by atoms with Crippen molar-refractivity contribution in [1.82, 2.24) is 20.3 Å². The van der Waals surface area contributed by atoms with Crippen molar-refractivity contribution in [3.05, 3.63) is 72.3 Å². The summed E-state index contributed by atoms with van der Waals surface area (Å²) in [5, 5.41) is 2.91. The number of ether oxygens (including phenoxy) is 1.